The van der Waals surface area contributed by atoms with Gasteiger partial charge in [0.15, 0.2) is 13.2 Å². The Kier molecular flexibility index (Phi) is 2.28. The first-order valence-corrected chi connectivity index (χ1v) is 5.69. The summed E-state index contributed by atoms with van der Waals surface area (Å²) in [6.45, 7) is 1.44. The first kappa shape index (κ1) is 10.2. The van der Waals surface area contributed by atoms with Gasteiger partial charge < -0.3 is 13.9 Å². The molecule has 0 spiro atoms. The molecule has 3 rings (SSSR count). The van der Waals surface area contributed by atoms with Crippen molar-refractivity contribution in [2.45, 2.75) is 12.8 Å². The average molecular weight is 233 g/mol. The van der Waals surface area contributed by atoms with Gasteiger partial charge in [-0.05, 0) is 12.1 Å². The first-order chi connectivity index (χ1) is 8.27. The molecule has 1 N–H and O–H groups in total. The van der Waals surface area contributed by atoms with Crippen LogP contribution in [-0.4, -0.2) is 18.3 Å². The molecule has 4 nitrogen and oxygen atoms in total. The normalized spacial score (nSPS) is 15.6. The van der Waals surface area contributed by atoms with Gasteiger partial charge in [0.25, 0.3) is 0 Å². The average Bonchev–Trinajstić information content (AvgIpc) is 2.83. The van der Waals surface area contributed by atoms with Crippen molar-refractivity contribution in [3.8, 4) is 11.5 Å². The molecule has 0 radical (unpaired) electrons. The maximum Gasteiger partial charge on any atom is 0.437 e. The lowest BCUT2D eigenvalue weighted by Gasteiger charge is -2.17. The van der Waals surface area contributed by atoms with E-state index in [-0.39, 0.29) is 11.5 Å². The lowest BCUT2D eigenvalue weighted by molar-refractivity contribution is -0.0197. The van der Waals surface area contributed by atoms with Crippen LogP contribution in [0, 0.1) is 0 Å². The largest absolute Gasteiger partial charge is 0.564 e. The van der Waals surface area contributed by atoms with E-state index >= 15 is 0 Å². The monoisotopic (exact) mass is 233 g/mol. The summed E-state index contributed by atoms with van der Waals surface area (Å²) in [7, 11) is 0. The topological polar surface area (TPSA) is 53.1 Å². The Morgan fingerprint density at radius 3 is 2.65 bits per heavy atom. The fourth-order valence-electron chi connectivity index (χ4n) is 2.23. The molecule has 2 heterocycles. The number of aromatic hydroxyl groups is 1. The molecule has 88 valence electrons. The lowest BCUT2D eigenvalue weighted by Crippen LogP contribution is -2.11. The second-order valence-corrected chi connectivity index (χ2v) is 4.17. The third-order valence-electron chi connectivity index (χ3n) is 3.07. The molecule has 2 aromatic rings. The first-order valence-electron chi connectivity index (χ1n) is 5.69. The van der Waals surface area contributed by atoms with Gasteiger partial charge >= 0.3 is 11.4 Å². The summed E-state index contributed by atoms with van der Waals surface area (Å²) in [5.41, 5.74) is -0.0772. The predicted octanol–water partition coefficient (Wildman–Crippen LogP) is 2.56. The molecule has 1 aromatic heterocycles. The highest BCUT2D eigenvalue weighted by atomic mass is 16.7. The number of para-hydroxylation sites is 1. The van der Waals surface area contributed by atoms with Crippen LogP contribution in [0.5, 0.6) is 11.5 Å². The van der Waals surface area contributed by atoms with Crippen LogP contribution in [-0.2, 0) is 4.37 Å². The second-order valence-electron chi connectivity index (χ2n) is 4.17. The van der Waals surface area contributed by atoms with E-state index in [0.29, 0.717) is 11.0 Å². The van der Waals surface area contributed by atoms with Crippen LogP contribution in [0.4, 0.5) is 0 Å². The highest BCUT2D eigenvalue weighted by molar-refractivity contribution is 5.85. The molecule has 0 saturated carbocycles. The summed E-state index contributed by atoms with van der Waals surface area (Å²) in [5.74, 6) is 0.227. The summed E-state index contributed by atoms with van der Waals surface area (Å²) in [4.78, 5) is 11.9. The van der Waals surface area contributed by atoms with E-state index in [2.05, 4.69) is 4.37 Å². The van der Waals surface area contributed by atoms with Gasteiger partial charge in [-0.2, -0.15) is 0 Å². The summed E-state index contributed by atoms with van der Waals surface area (Å²) < 4.78 is 7.97. The molecule has 0 amide bonds. The number of fused-ring (bicyclic) bond motifs is 1. The molecule has 0 atom stereocenters. The van der Waals surface area contributed by atoms with Crippen LogP contribution in [0.25, 0.3) is 11.0 Å². The predicted molar refractivity (Wildman–Crippen MR) is 63.6 cm³/mol. The molecule has 1 saturated heterocycles. The molecule has 4 heteroatoms. The van der Waals surface area contributed by atoms with E-state index in [0.717, 1.165) is 26.1 Å². The number of rotatable bonds is 1. The quantitative estimate of drug-likeness (QED) is 0.608. The van der Waals surface area contributed by atoms with Crippen molar-refractivity contribution in [2.75, 3.05) is 13.2 Å². The highest BCUT2D eigenvalue weighted by Gasteiger charge is 2.28. The summed E-state index contributed by atoms with van der Waals surface area (Å²) in [5, 5.41) is 10.7. The van der Waals surface area contributed by atoms with E-state index < -0.39 is 5.63 Å². The molecular formula is C13H13O4+. The molecule has 0 bridgehead atoms. The molecule has 1 aliphatic heterocycles. The van der Waals surface area contributed by atoms with Gasteiger partial charge in [-0.15, -0.1) is 0 Å². The van der Waals surface area contributed by atoms with Crippen molar-refractivity contribution >= 4 is 11.0 Å². The van der Waals surface area contributed by atoms with Crippen molar-refractivity contribution in [2.24, 2.45) is 0 Å². The zero-order valence-corrected chi connectivity index (χ0v) is 9.31. The van der Waals surface area contributed by atoms with Crippen molar-refractivity contribution in [1.82, 2.24) is 0 Å². The molecule has 1 aromatic carbocycles. The molecule has 0 aliphatic carbocycles. The third-order valence-corrected chi connectivity index (χ3v) is 3.07. The van der Waals surface area contributed by atoms with Gasteiger partial charge in [-0.1, -0.05) is 12.1 Å². The molecule has 1 fully saturated rings. The molecular weight excluding hydrogens is 220 g/mol. The van der Waals surface area contributed by atoms with Crippen molar-refractivity contribution in [1.29, 1.82) is 0 Å². The SMILES string of the molecule is O=c1oc2ccccc2c(O)c1[O+]1CCCC1. The van der Waals surface area contributed by atoms with Crippen molar-refractivity contribution in [3.05, 3.63) is 34.7 Å². The second kappa shape index (κ2) is 3.80. The van der Waals surface area contributed by atoms with Crippen molar-refractivity contribution in [3.63, 3.8) is 0 Å². The van der Waals surface area contributed by atoms with E-state index in [1.165, 1.54) is 0 Å². The number of hydrogen-bond donors (Lipinski definition) is 1. The fourth-order valence-corrected chi connectivity index (χ4v) is 2.23. The van der Waals surface area contributed by atoms with Gasteiger partial charge in [0.2, 0.25) is 5.75 Å². The highest BCUT2D eigenvalue weighted by Crippen LogP contribution is 2.38. The molecule has 1 aliphatic rings. The van der Waals surface area contributed by atoms with Crippen LogP contribution >= 0.6 is 0 Å². The number of hydrogen-bond acceptors (Lipinski definition) is 3. The van der Waals surface area contributed by atoms with Crippen LogP contribution in [0.1, 0.15) is 12.8 Å². The van der Waals surface area contributed by atoms with E-state index in [9.17, 15) is 9.90 Å². The zero-order chi connectivity index (χ0) is 11.8. The minimum Gasteiger partial charge on any atom is -0.564 e. The minimum absolute atomic E-state index is 0.00347. The maximum atomic E-state index is 11.9. The minimum atomic E-state index is -0.492. The van der Waals surface area contributed by atoms with Gasteiger partial charge in [0.1, 0.15) is 5.58 Å². The summed E-state index contributed by atoms with van der Waals surface area (Å²) >= 11 is 0. The zero-order valence-electron chi connectivity index (χ0n) is 9.31. The van der Waals surface area contributed by atoms with Crippen LogP contribution < -0.4 is 5.63 Å². The summed E-state index contributed by atoms with van der Waals surface area (Å²) in [6.07, 6.45) is 2.02. The Morgan fingerprint density at radius 2 is 1.88 bits per heavy atom. The van der Waals surface area contributed by atoms with Crippen molar-refractivity contribution < 1.29 is 13.9 Å². The Balaban J connectivity index is 2.27. The van der Waals surface area contributed by atoms with Gasteiger partial charge in [0, 0.05) is 12.8 Å². The Morgan fingerprint density at radius 1 is 1.18 bits per heavy atom. The van der Waals surface area contributed by atoms with Gasteiger partial charge in [0.05, 0.1) is 5.39 Å². The lowest BCUT2D eigenvalue weighted by atomic mass is 10.2. The van der Waals surface area contributed by atoms with Crippen LogP contribution in [0.3, 0.4) is 0 Å². The smallest absolute Gasteiger partial charge is 0.437 e. The molecule has 0 unspecified atom stereocenters. The summed E-state index contributed by atoms with van der Waals surface area (Å²) in [6, 6.07) is 7.00. The van der Waals surface area contributed by atoms with Gasteiger partial charge in [-0.3, -0.25) is 0 Å². The third kappa shape index (κ3) is 1.56. The van der Waals surface area contributed by atoms with Gasteiger partial charge in [-0.25, -0.2) is 4.79 Å². The fraction of sp³-hybridized carbons (Fsp3) is 0.308. The number of benzene rings is 1. The van der Waals surface area contributed by atoms with E-state index in [1.54, 1.807) is 24.3 Å². The van der Waals surface area contributed by atoms with E-state index in [1.807, 2.05) is 0 Å². The molecule has 17 heavy (non-hydrogen) atoms. The van der Waals surface area contributed by atoms with Crippen LogP contribution in [0.15, 0.2) is 33.5 Å². The Bertz CT molecular complexity index is 608. The standard InChI is InChI=1S/C13H12O4/c14-11-9-5-1-2-6-10(9)16-13(15)12(11)17-7-3-4-8-17/h1-2,5-6H,3-4,7-8H2/p+1. The Hall–Kier alpha value is -1.97. The Labute approximate surface area is 97.8 Å². The van der Waals surface area contributed by atoms with Crippen LogP contribution in [0.2, 0.25) is 0 Å². The van der Waals surface area contributed by atoms with E-state index in [4.69, 9.17) is 4.42 Å². The maximum absolute atomic E-state index is 11.9.